The molecule has 0 bridgehead atoms. The fraction of sp³-hybridized carbons (Fsp3) is 0.619. The van der Waals surface area contributed by atoms with Gasteiger partial charge in [0.25, 0.3) is 0 Å². The first-order valence-corrected chi connectivity index (χ1v) is 10.1. The zero-order chi connectivity index (χ0) is 19.1. The van der Waals surface area contributed by atoms with Gasteiger partial charge in [0.2, 0.25) is 5.91 Å². The highest BCUT2D eigenvalue weighted by molar-refractivity contribution is 5.79. The molecule has 0 unspecified atom stereocenters. The van der Waals surface area contributed by atoms with E-state index >= 15 is 0 Å². The number of nitrogens with zero attached hydrogens (tertiary/aromatic N) is 1. The summed E-state index contributed by atoms with van der Waals surface area (Å²) in [6, 6.07) is 7.85. The molecule has 1 aliphatic heterocycles. The Labute approximate surface area is 161 Å². The summed E-state index contributed by atoms with van der Waals surface area (Å²) >= 11 is 0. The number of nitrogens with one attached hydrogen (secondary N) is 2. The van der Waals surface area contributed by atoms with Gasteiger partial charge in [0, 0.05) is 31.6 Å². The summed E-state index contributed by atoms with van der Waals surface area (Å²) in [7, 11) is 1.63. The molecule has 1 saturated heterocycles. The van der Waals surface area contributed by atoms with Crippen molar-refractivity contribution >= 4 is 11.9 Å². The molecule has 148 valence electrons. The Morgan fingerprint density at radius 3 is 2.56 bits per heavy atom. The summed E-state index contributed by atoms with van der Waals surface area (Å²) in [6.07, 6.45) is 7.30. The van der Waals surface area contributed by atoms with Crippen LogP contribution in [0.1, 0.15) is 50.5 Å². The molecule has 3 amide bonds. The first kappa shape index (κ1) is 19.5. The van der Waals surface area contributed by atoms with Gasteiger partial charge < -0.3 is 20.3 Å². The van der Waals surface area contributed by atoms with Crippen LogP contribution in [-0.4, -0.2) is 43.1 Å². The molecule has 2 aliphatic rings. The van der Waals surface area contributed by atoms with Crippen LogP contribution in [0.5, 0.6) is 5.75 Å². The number of methoxy groups -OCH3 is 1. The molecule has 2 N–H and O–H groups in total. The van der Waals surface area contributed by atoms with E-state index < -0.39 is 0 Å². The van der Waals surface area contributed by atoms with E-state index in [9.17, 15) is 9.59 Å². The topological polar surface area (TPSA) is 70.7 Å². The highest BCUT2D eigenvalue weighted by Gasteiger charge is 2.27. The van der Waals surface area contributed by atoms with Gasteiger partial charge in [-0.2, -0.15) is 0 Å². The van der Waals surface area contributed by atoms with E-state index in [4.69, 9.17) is 4.74 Å². The molecular formula is C21H31N3O3. The van der Waals surface area contributed by atoms with Gasteiger partial charge in [-0.25, -0.2) is 4.79 Å². The van der Waals surface area contributed by atoms with E-state index in [2.05, 4.69) is 10.6 Å². The first-order chi connectivity index (χ1) is 13.2. The van der Waals surface area contributed by atoms with Crippen LogP contribution in [0.15, 0.2) is 24.3 Å². The Morgan fingerprint density at radius 1 is 1.11 bits per heavy atom. The van der Waals surface area contributed by atoms with Crippen molar-refractivity contribution < 1.29 is 14.3 Å². The number of likely N-dealkylation sites (tertiary alicyclic amines) is 1. The van der Waals surface area contributed by atoms with Crippen molar-refractivity contribution in [2.24, 2.45) is 5.92 Å². The van der Waals surface area contributed by atoms with Crippen molar-refractivity contribution in [3.8, 4) is 5.75 Å². The zero-order valence-corrected chi connectivity index (χ0v) is 16.2. The Bertz CT molecular complexity index is 635. The van der Waals surface area contributed by atoms with Crippen LogP contribution in [0.25, 0.3) is 0 Å². The fourth-order valence-electron chi connectivity index (χ4n) is 3.98. The van der Waals surface area contributed by atoms with Crippen molar-refractivity contribution in [3.05, 3.63) is 29.8 Å². The van der Waals surface area contributed by atoms with Gasteiger partial charge in [-0.1, -0.05) is 31.4 Å². The summed E-state index contributed by atoms with van der Waals surface area (Å²) in [5, 5.41) is 6.18. The largest absolute Gasteiger partial charge is 0.497 e. The smallest absolute Gasteiger partial charge is 0.317 e. The van der Waals surface area contributed by atoms with Gasteiger partial charge >= 0.3 is 6.03 Å². The fourth-order valence-corrected chi connectivity index (χ4v) is 3.98. The second-order valence-electron chi connectivity index (χ2n) is 7.62. The van der Waals surface area contributed by atoms with Crippen LogP contribution < -0.4 is 15.4 Å². The van der Waals surface area contributed by atoms with Crippen LogP contribution in [-0.2, 0) is 11.3 Å². The number of hydrogen-bond donors (Lipinski definition) is 2. The summed E-state index contributed by atoms with van der Waals surface area (Å²) in [5.41, 5.74) is 1.01. The van der Waals surface area contributed by atoms with Crippen molar-refractivity contribution in [1.82, 2.24) is 15.5 Å². The maximum absolute atomic E-state index is 12.4. The first-order valence-electron chi connectivity index (χ1n) is 10.1. The van der Waals surface area contributed by atoms with E-state index in [0.717, 1.165) is 37.0 Å². The molecule has 1 aliphatic carbocycles. The molecular weight excluding hydrogens is 342 g/mol. The maximum atomic E-state index is 12.4. The molecule has 27 heavy (non-hydrogen) atoms. The van der Waals surface area contributed by atoms with E-state index in [1.807, 2.05) is 29.2 Å². The van der Waals surface area contributed by atoms with Gasteiger partial charge in [-0.15, -0.1) is 0 Å². The molecule has 2 fully saturated rings. The minimum Gasteiger partial charge on any atom is -0.497 e. The monoisotopic (exact) mass is 373 g/mol. The number of amides is 3. The lowest BCUT2D eigenvalue weighted by Crippen LogP contribution is -2.50. The Kier molecular flexibility index (Phi) is 6.96. The van der Waals surface area contributed by atoms with Gasteiger partial charge in [-0.05, 0) is 43.4 Å². The molecule has 0 radical (unpaired) electrons. The lowest BCUT2D eigenvalue weighted by atomic mass is 9.88. The number of rotatable bonds is 5. The van der Waals surface area contributed by atoms with E-state index in [1.165, 1.54) is 19.3 Å². The van der Waals surface area contributed by atoms with Crippen molar-refractivity contribution in [2.75, 3.05) is 20.2 Å². The van der Waals surface area contributed by atoms with Crippen LogP contribution >= 0.6 is 0 Å². The lowest BCUT2D eigenvalue weighted by Gasteiger charge is -2.33. The van der Waals surface area contributed by atoms with Crippen molar-refractivity contribution in [1.29, 1.82) is 0 Å². The SMILES string of the molecule is COc1cccc(CNC(=O)N2CCC(NC(=O)C3CCCCC3)CC2)c1. The molecule has 1 aromatic rings. The molecule has 1 saturated carbocycles. The molecule has 0 aromatic heterocycles. The van der Waals surface area contributed by atoms with Crippen LogP contribution in [0.3, 0.4) is 0 Å². The summed E-state index contributed by atoms with van der Waals surface area (Å²) in [5.74, 6) is 1.20. The lowest BCUT2D eigenvalue weighted by molar-refractivity contribution is -0.126. The van der Waals surface area contributed by atoms with E-state index in [-0.39, 0.29) is 23.9 Å². The number of ether oxygens (including phenoxy) is 1. The highest BCUT2D eigenvalue weighted by Crippen LogP contribution is 2.24. The summed E-state index contributed by atoms with van der Waals surface area (Å²) in [6.45, 7) is 1.84. The number of urea groups is 1. The predicted octanol–water partition coefficient (Wildman–Crippen LogP) is 3.07. The van der Waals surface area contributed by atoms with Crippen LogP contribution in [0.4, 0.5) is 4.79 Å². The Balaban J connectivity index is 1.39. The number of benzene rings is 1. The number of carbonyl (C=O) groups excluding carboxylic acids is 2. The number of piperidine rings is 1. The van der Waals surface area contributed by atoms with Gasteiger partial charge in [0.15, 0.2) is 0 Å². The van der Waals surface area contributed by atoms with E-state index in [0.29, 0.717) is 19.6 Å². The quantitative estimate of drug-likeness (QED) is 0.833. The van der Waals surface area contributed by atoms with Gasteiger partial charge in [0.1, 0.15) is 5.75 Å². The normalized spacial score (nSPS) is 18.8. The minimum atomic E-state index is -0.0464. The van der Waals surface area contributed by atoms with Crippen molar-refractivity contribution in [2.45, 2.75) is 57.5 Å². The van der Waals surface area contributed by atoms with Crippen LogP contribution in [0.2, 0.25) is 0 Å². The Morgan fingerprint density at radius 2 is 1.85 bits per heavy atom. The molecule has 6 heteroatoms. The average molecular weight is 373 g/mol. The molecule has 6 nitrogen and oxygen atoms in total. The maximum Gasteiger partial charge on any atom is 0.317 e. The second kappa shape index (κ2) is 9.62. The predicted molar refractivity (Wildman–Crippen MR) is 105 cm³/mol. The molecule has 1 aromatic carbocycles. The van der Waals surface area contributed by atoms with Crippen molar-refractivity contribution in [3.63, 3.8) is 0 Å². The van der Waals surface area contributed by atoms with E-state index in [1.54, 1.807) is 7.11 Å². The summed E-state index contributed by atoms with van der Waals surface area (Å²) in [4.78, 5) is 26.6. The number of hydrogen-bond acceptors (Lipinski definition) is 3. The zero-order valence-electron chi connectivity index (χ0n) is 16.2. The highest BCUT2D eigenvalue weighted by atomic mass is 16.5. The molecule has 3 rings (SSSR count). The minimum absolute atomic E-state index is 0.0464. The third-order valence-corrected chi connectivity index (χ3v) is 5.68. The standard InChI is InChI=1S/C21H31N3O3/c1-27-19-9-5-6-16(14-19)15-22-21(26)24-12-10-18(11-13-24)23-20(25)17-7-3-2-4-8-17/h5-6,9,14,17-18H,2-4,7-8,10-13,15H2,1H3,(H,22,26)(H,23,25). The molecule has 0 atom stereocenters. The van der Waals surface area contributed by atoms with Gasteiger partial charge in [-0.3, -0.25) is 4.79 Å². The number of carbonyl (C=O) groups is 2. The third-order valence-electron chi connectivity index (χ3n) is 5.68. The molecule has 1 heterocycles. The summed E-state index contributed by atoms with van der Waals surface area (Å²) < 4.78 is 5.21. The van der Waals surface area contributed by atoms with Gasteiger partial charge in [0.05, 0.1) is 7.11 Å². The molecule has 0 spiro atoms. The third kappa shape index (κ3) is 5.62. The Hall–Kier alpha value is -2.24. The van der Waals surface area contributed by atoms with Crippen LogP contribution in [0, 0.1) is 5.92 Å². The second-order valence-corrected chi connectivity index (χ2v) is 7.62. The average Bonchev–Trinajstić information content (AvgIpc) is 2.73.